The molecule has 0 radical (unpaired) electrons. The van der Waals surface area contributed by atoms with Gasteiger partial charge in [-0.2, -0.15) is 0 Å². The highest BCUT2D eigenvalue weighted by Crippen LogP contribution is 2.40. The van der Waals surface area contributed by atoms with E-state index in [-0.39, 0.29) is 100 Å². The van der Waals surface area contributed by atoms with Crippen LogP contribution in [0, 0.1) is 11.8 Å². The molecule has 0 bridgehead atoms. The Morgan fingerprint density at radius 1 is 0.540 bits per heavy atom. The molecule has 3 aromatic rings. The van der Waals surface area contributed by atoms with Gasteiger partial charge in [0.1, 0.15) is 54.1 Å². The first kappa shape index (κ1) is 68.5. The van der Waals surface area contributed by atoms with Crippen LogP contribution in [0.15, 0.2) is 94.9 Å². The molecule has 27 heteroatoms. The van der Waals surface area contributed by atoms with Crippen LogP contribution in [0.5, 0.6) is 5.75 Å². The second kappa shape index (κ2) is 34.0. The molecule has 20 N–H and O–H groups in total. The van der Waals surface area contributed by atoms with E-state index in [1.807, 2.05) is 13.8 Å². The van der Waals surface area contributed by atoms with Crippen molar-refractivity contribution in [2.45, 2.75) is 165 Å². The van der Waals surface area contributed by atoms with Crippen molar-refractivity contribution >= 4 is 71.0 Å². The van der Waals surface area contributed by atoms with Gasteiger partial charge in [-0.05, 0) is 92.0 Å². The first-order valence-electron chi connectivity index (χ1n) is 29.3. The number of guanidine groups is 2. The molecule has 0 spiro atoms. The van der Waals surface area contributed by atoms with E-state index >= 15 is 9.59 Å². The van der Waals surface area contributed by atoms with Gasteiger partial charge in [0.05, 0.1) is 6.42 Å². The molecule has 1 saturated carbocycles. The lowest BCUT2D eigenvalue weighted by Crippen LogP contribution is -2.61. The smallest absolute Gasteiger partial charge is 0.246 e. The number of hydrogen-bond donors (Lipinski definition) is 14. The number of aromatic hydroxyl groups is 1. The van der Waals surface area contributed by atoms with E-state index in [0.29, 0.717) is 29.5 Å². The topological polar surface area (TPSA) is 459 Å². The largest absolute Gasteiger partial charge is 0.508 e. The molecule has 2 fully saturated rings. The van der Waals surface area contributed by atoms with E-state index in [1.165, 1.54) is 24.0 Å². The number of rotatable bonds is 33. The Bertz CT molecular complexity index is 2900. The lowest BCUT2D eigenvalue weighted by atomic mass is 9.84. The molecule has 3 aromatic carbocycles. The Balaban J connectivity index is 1.46. The molecule has 1 aliphatic carbocycles. The molecule has 0 aromatic heterocycles. The molecular weight excluding hydrogens is 1120 g/mol. The third-order valence-corrected chi connectivity index (χ3v) is 15.1. The van der Waals surface area contributed by atoms with Gasteiger partial charge in [0.15, 0.2) is 11.9 Å². The van der Waals surface area contributed by atoms with Crippen molar-refractivity contribution in [2.24, 2.45) is 56.2 Å². The van der Waals surface area contributed by atoms with Gasteiger partial charge in [0.25, 0.3) is 0 Å². The number of phenolic OH excluding ortho intramolecular Hbond substituents is 1. The second-order valence-corrected chi connectivity index (χ2v) is 22.6. The van der Waals surface area contributed by atoms with Crippen molar-refractivity contribution in [3.63, 3.8) is 0 Å². The number of fused-ring (bicyclic) bond motifs is 1. The molecular formula is C60H86N16O11. The number of nitrogens with zero attached hydrogens (tertiary/aromatic N) is 3. The highest BCUT2D eigenvalue weighted by atomic mass is 16.3. The normalized spacial score (nSPS) is 17.6. The van der Waals surface area contributed by atoms with Gasteiger partial charge in [-0.3, -0.25) is 57.9 Å². The molecule has 2 aliphatic rings. The summed E-state index contributed by atoms with van der Waals surface area (Å²) in [5.74, 6) is -8.43. The van der Waals surface area contributed by atoms with Crippen LogP contribution in [0.4, 0.5) is 0 Å². The van der Waals surface area contributed by atoms with E-state index in [4.69, 9.17) is 34.4 Å². The van der Waals surface area contributed by atoms with Gasteiger partial charge >= 0.3 is 0 Å². The summed E-state index contributed by atoms with van der Waals surface area (Å²) in [7, 11) is 0. The summed E-state index contributed by atoms with van der Waals surface area (Å²) in [6.07, 6.45) is 2.53. The third-order valence-electron chi connectivity index (χ3n) is 15.1. The molecule has 5 rings (SSSR count). The zero-order valence-corrected chi connectivity index (χ0v) is 49.6. The zero-order valence-electron chi connectivity index (χ0n) is 49.6. The summed E-state index contributed by atoms with van der Waals surface area (Å²) in [5, 5.41) is 29.1. The van der Waals surface area contributed by atoms with Gasteiger partial charge in [-0.25, -0.2) is 0 Å². The predicted molar refractivity (Wildman–Crippen MR) is 325 cm³/mol. The Labute approximate surface area is 506 Å². The summed E-state index contributed by atoms with van der Waals surface area (Å²) in [4.78, 5) is 149. The first-order valence-corrected chi connectivity index (χ1v) is 29.3. The average Bonchev–Trinajstić information content (AvgIpc) is 2.11. The maximum Gasteiger partial charge on any atom is 0.246 e. The minimum Gasteiger partial charge on any atom is -0.508 e. The fourth-order valence-electron chi connectivity index (χ4n) is 10.9. The number of phenols is 1. The van der Waals surface area contributed by atoms with Gasteiger partial charge < -0.3 is 81.6 Å². The number of amides is 10. The van der Waals surface area contributed by atoms with Gasteiger partial charge in [-0.1, -0.05) is 99.5 Å². The Kier molecular flexibility index (Phi) is 26.8. The van der Waals surface area contributed by atoms with Crippen LogP contribution < -0.4 is 71.6 Å². The van der Waals surface area contributed by atoms with Gasteiger partial charge in [0.2, 0.25) is 59.1 Å². The molecule has 87 heavy (non-hydrogen) atoms. The standard InChI is InChI=1S/C60H86N16O11/c1-34(2)28-44(73-56(85)47(30-37-16-8-5-9-17-37)75-54(83)45(69-35(3)77)31-38-22-24-40(78)25-23-38)53(82)74-46(29-36-14-6-4-7-15-36)55(84)71-42(20-13-27-68-60(65)66)58(87)76-48-21-11-10-18-39(48)32-49(76)57(86)70-41(19-12-26-67-59(63)64)52(81)72-43(51(62)80)33-50(61)79/h4-9,14-17,22-25,34,39,41-49,78H,10-13,18-21,26-33H2,1-3H3,(H2,61,79)(H2,62,80)(H,69,77)(H,70,86)(H,71,84)(H,72,81)(H,73,85)(H,74,82)(H,75,83)(H4,63,64,67)(H4,65,66,68)/t39-,41-,42-,43-,44-,45-,46-,47-,48-,49-/m0/s1. The van der Waals surface area contributed by atoms with Crippen LogP contribution in [-0.2, 0) is 67.2 Å². The van der Waals surface area contributed by atoms with Crippen molar-refractivity contribution in [3.8, 4) is 5.75 Å². The minimum absolute atomic E-state index is 0.00414. The fraction of sp³-hybridized carbons (Fsp3) is 0.500. The maximum absolute atomic E-state index is 15.5. The number of carbonyl (C=O) groups excluding carboxylic acids is 10. The number of carbonyl (C=O) groups is 10. The van der Waals surface area contributed by atoms with Gasteiger partial charge in [0, 0.05) is 45.3 Å². The maximum atomic E-state index is 15.5. The minimum atomic E-state index is -1.50. The summed E-state index contributed by atoms with van der Waals surface area (Å²) in [6, 6.07) is 12.8. The van der Waals surface area contributed by atoms with Crippen LogP contribution in [0.1, 0.15) is 108 Å². The Hall–Kier alpha value is -9.30. The summed E-state index contributed by atoms with van der Waals surface area (Å²) in [6.45, 7) is 5.03. The van der Waals surface area contributed by atoms with E-state index in [1.54, 1.807) is 72.8 Å². The van der Waals surface area contributed by atoms with E-state index in [9.17, 15) is 43.5 Å². The van der Waals surface area contributed by atoms with Crippen LogP contribution in [-0.4, -0.2) is 148 Å². The Morgan fingerprint density at radius 3 is 1.46 bits per heavy atom. The number of nitrogens with two attached hydrogens (primary N) is 6. The molecule has 10 amide bonds. The van der Waals surface area contributed by atoms with Crippen molar-refractivity contribution in [3.05, 3.63) is 102 Å². The summed E-state index contributed by atoms with van der Waals surface area (Å²) < 4.78 is 0. The van der Waals surface area contributed by atoms with Crippen LogP contribution in [0.25, 0.3) is 0 Å². The molecule has 1 heterocycles. The van der Waals surface area contributed by atoms with Gasteiger partial charge in [-0.15, -0.1) is 0 Å². The summed E-state index contributed by atoms with van der Waals surface area (Å²) in [5.41, 5.74) is 35.1. The highest BCUT2D eigenvalue weighted by molar-refractivity contribution is 5.99. The van der Waals surface area contributed by atoms with Crippen molar-refractivity contribution in [2.75, 3.05) is 13.1 Å². The molecule has 27 nitrogen and oxygen atoms in total. The van der Waals surface area contributed by atoms with Crippen LogP contribution in [0.3, 0.4) is 0 Å². The number of benzene rings is 3. The predicted octanol–water partition coefficient (Wildman–Crippen LogP) is -1.49. The van der Waals surface area contributed by atoms with Crippen molar-refractivity contribution < 1.29 is 53.1 Å². The fourth-order valence-corrected chi connectivity index (χ4v) is 10.9. The number of likely N-dealkylation sites (tertiary alicyclic amines) is 1. The molecule has 1 aliphatic heterocycles. The second-order valence-electron chi connectivity index (χ2n) is 22.6. The summed E-state index contributed by atoms with van der Waals surface area (Å²) >= 11 is 0. The molecule has 1 saturated heterocycles. The monoisotopic (exact) mass is 1210 g/mol. The lowest BCUT2D eigenvalue weighted by molar-refractivity contribution is -0.145. The number of primary amides is 2. The highest BCUT2D eigenvalue weighted by Gasteiger charge is 2.50. The molecule has 472 valence electrons. The van der Waals surface area contributed by atoms with Crippen molar-refractivity contribution in [1.29, 1.82) is 0 Å². The van der Waals surface area contributed by atoms with E-state index < -0.39 is 120 Å². The lowest BCUT2D eigenvalue weighted by Gasteiger charge is -2.36. The van der Waals surface area contributed by atoms with Crippen LogP contribution >= 0.6 is 0 Å². The molecule has 10 atom stereocenters. The number of hydrogen-bond acceptors (Lipinski definition) is 13. The first-order chi connectivity index (χ1) is 41.4. The van der Waals surface area contributed by atoms with Crippen LogP contribution in [0.2, 0.25) is 0 Å². The third kappa shape index (κ3) is 22.6. The quantitative estimate of drug-likeness (QED) is 0.0188. The van der Waals surface area contributed by atoms with E-state index in [0.717, 1.165) is 12.8 Å². The van der Waals surface area contributed by atoms with E-state index in [2.05, 4.69) is 47.2 Å². The molecule has 0 unspecified atom stereocenters. The zero-order chi connectivity index (χ0) is 63.7. The van der Waals surface area contributed by atoms with Crippen molar-refractivity contribution in [1.82, 2.24) is 42.1 Å². The Morgan fingerprint density at radius 2 is 0.977 bits per heavy atom. The number of aliphatic imine (C=N–C) groups is 2. The average molecular weight is 1210 g/mol. The SMILES string of the molecule is CC(=O)N[C@@H](Cc1ccc(O)cc1)C(=O)N[C@@H](Cc1ccccc1)C(=O)N[C@@H](CC(C)C)C(=O)N[C@@H](Cc1ccccc1)C(=O)N[C@@H](CCCN=C(N)N)C(=O)N1[C@H](C(=O)N[C@@H](CCCN=C(N)N)C(=O)N[C@@H](CC(N)=O)C(N)=O)C[C@@H]2CCCC[C@@H]21. The number of nitrogens with one attached hydrogen (secondary N) is 7.